The quantitative estimate of drug-likeness (QED) is 0.756. The largest absolute Gasteiger partial charge is 0.242 e. The van der Waals surface area contributed by atoms with Crippen molar-refractivity contribution in [2.45, 2.75) is 24.8 Å². The van der Waals surface area contributed by atoms with Gasteiger partial charge in [-0.25, -0.2) is 13.1 Å². The van der Waals surface area contributed by atoms with Crippen LogP contribution in [0.4, 0.5) is 0 Å². The van der Waals surface area contributed by atoms with Gasteiger partial charge in [0.1, 0.15) is 0 Å². The summed E-state index contributed by atoms with van der Waals surface area (Å²) in [5.74, 6) is 0. The summed E-state index contributed by atoms with van der Waals surface area (Å²) in [5.41, 5.74) is 0.920. The van der Waals surface area contributed by atoms with Crippen molar-refractivity contribution in [3.8, 4) is 0 Å². The highest BCUT2D eigenvalue weighted by molar-refractivity contribution is 9.11. The number of nitrogens with one attached hydrogen (secondary N) is 1. The number of hydrogen-bond donors (Lipinski definition) is 1. The van der Waals surface area contributed by atoms with Crippen LogP contribution in [0.25, 0.3) is 0 Å². The Bertz CT molecular complexity index is 708. The molecule has 0 bridgehead atoms. The Hall–Kier alpha value is -0.210. The standard InChI is InChI=1S/C13H13Br2NO2S2/c1-8(10-3-5-11(14)6-4-10)16-20(17,18)12-7-13(15)19-9(12)2/h3-8,16H,1-2H3. The van der Waals surface area contributed by atoms with Gasteiger partial charge in [0.25, 0.3) is 0 Å². The summed E-state index contributed by atoms with van der Waals surface area (Å²) in [7, 11) is -3.51. The molecule has 1 aromatic heterocycles. The fourth-order valence-electron chi connectivity index (χ4n) is 1.81. The molecule has 1 N–H and O–H groups in total. The maximum atomic E-state index is 12.4. The third-order valence-electron chi connectivity index (χ3n) is 2.83. The van der Waals surface area contributed by atoms with E-state index < -0.39 is 10.0 Å². The lowest BCUT2D eigenvalue weighted by atomic mass is 10.1. The van der Waals surface area contributed by atoms with E-state index in [-0.39, 0.29) is 6.04 Å². The molecule has 3 nitrogen and oxygen atoms in total. The average Bonchev–Trinajstić information content (AvgIpc) is 2.69. The topological polar surface area (TPSA) is 46.2 Å². The van der Waals surface area contributed by atoms with E-state index in [4.69, 9.17) is 0 Å². The molecule has 1 unspecified atom stereocenters. The summed E-state index contributed by atoms with van der Waals surface area (Å²) >= 11 is 8.09. The first-order valence-electron chi connectivity index (χ1n) is 5.83. The van der Waals surface area contributed by atoms with Gasteiger partial charge in [0, 0.05) is 15.4 Å². The third kappa shape index (κ3) is 3.71. The summed E-state index contributed by atoms with van der Waals surface area (Å²) in [6.07, 6.45) is 0. The van der Waals surface area contributed by atoms with E-state index in [9.17, 15) is 8.42 Å². The number of thiophene rings is 1. The van der Waals surface area contributed by atoms with Crippen LogP contribution in [0.5, 0.6) is 0 Å². The summed E-state index contributed by atoms with van der Waals surface area (Å²) in [4.78, 5) is 1.10. The number of aryl methyl sites for hydroxylation is 1. The molecule has 1 heterocycles. The van der Waals surface area contributed by atoms with Gasteiger partial charge in [0.15, 0.2) is 0 Å². The molecule has 0 aliphatic carbocycles. The van der Waals surface area contributed by atoms with Gasteiger partial charge in [0.05, 0.1) is 8.68 Å². The van der Waals surface area contributed by atoms with Crippen LogP contribution in [0.2, 0.25) is 0 Å². The molecule has 0 aliphatic heterocycles. The molecule has 0 saturated heterocycles. The van der Waals surface area contributed by atoms with Crippen molar-refractivity contribution in [2.75, 3.05) is 0 Å². The predicted octanol–water partition coefficient (Wildman–Crippen LogP) is 4.62. The van der Waals surface area contributed by atoms with E-state index in [0.29, 0.717) is 4.90 Å². The molecule has 0 radical (unpaired) electrons. The summed E-state index contributed by atoms with van der Waals surface area (Å²) < 4.78 is 29.2. The minimum absolute atomic E-state index is 0.286. The minimum atomic E-state index is -3.51. The molecular weight excluding hydrogens is 426 g/mol. The van der Waals surface area contributed by atoms with Crippen LogP contribution in [0.1, 0.15) is 23.4 Å². The van der Waals surface area contributed by atoms with Gasteiger partial charge in [0.2, 0.25) is 10.0 Å². The second-order valence-corrected chi connectivity index (χ2v) is 9.60. The summed E-state index contributed by atoms with van der Waals surface area (Å²) in [6.45, 7) is 3.63. The zero-order valence-electron chi connectivity index (χ0n) is 10.9. The van der Waals surface area contributed by atoms with Crippen molar-refractivity contribution in [3.63, 3.8) is 0 Å². The van der Waals surface area contributed by atoms with Gasteiger partial charge in [-0.1, -0.05) is 28.1 Å². The summed E-state index contributed by atoms with van der Waals surface area (Å²) in [6, 6.07) is 8.93. The molecule has 0 fully saturated rings. The van der Waals surface area contributed by atoms with Gasteiger partial charge >= 0.3 is 0 Å². The smallest absolute Gasteiger partial charge is 0.207 e. The van der Waals surface area contributed by atoms with E-state index in [1.807, 2.05) is 31.2 Å². The molecule has 1 aromatic carbocycles. The Kier molecular flexibility index (Phi) is 5.07. The van der Waals surface area contributed by atoms with Gasteiger partial charge in [-0.15, -0.1) is 11.3 Å². The molecule has 7 heteroatoms. The fourth-order valence-corrected chi connectivity index (χ4v) is 5.72. The van der Waals surface area contributed by atoms with Crippen molar-refractivity contribution in [1.82, 2.24) is 4.72 Å². The van der Waals surface area contributed by atoms with Crippen molar-refractivity contribution in [2.24, 2.45) is 0 Å². The van der Waals surface area contributed by atoms with E-state index in [0.717, 1.165) is 18.7 Å². The zero-order chi connectivity index (χ0) is 14.9. The molecule has 0 spiro atoms. The van der Waals surface area contributed by atoms with Crippen molar-refractivity contribution in [1.29, 1.82) is 0 Å². The molecule has 2 aromatic rings. The molecule has 108 valence electrons. The van der Waals surface area contributed by atoms with Crippen LogP contribution in [-0.2, 0) is 10.0 Å². The van der Waals surface area contributed by atoms with E-state index in [1.165, 1.54) is 11.3 Å². The SMILES string of the molecule is Cc1sc(Br)cc1S(=O)(=O)NC(C)c1ccc(Br)cc1. The second-order valence-electron chi connectivity index (χ2n) is 4.37. The van der Waals surface area contributed by atoms with Gasteiger partial charge in [-0.3, -0.25) is 0 Å². The van der Waals surface area contributed by atoms with E-state index in [1.54, 1.807) is 13.0 Å². The molecule has 1 atom stereocenters. The van der Waals surface area contributed by atoms with Crippen molar-refractivity contribution >= 4 is 53.2 Å². The van der Waals surface area contributed by atoms with Crippen molar-refractivity contribution in [3.05, 3.63) is 49.0 Å². The lowest BCUT2D eigenvalue weighted by molar-refractivity contribution is 0.567. The first-order valence-corrected chi connectivity index (χ1v) is 9.72. The zero-order valence-corrected chi connectivity index (χ0v) is 15.7. The highest BCUT2D eigenvalue weighted by atomic mass is 79.9. The maximum absolute atomic E-state index is 12.4. The minimum Gasteiger partial charge on any atom is -0.207 e. The highest BCUT2D eigenvalue weighted by Gasteiger charge is 2.22. The predicted molar refractivity (Wildman–Crippen MR) is 89.6 cm³/mol. The number of rotatable bonds is 4. The molecule has 0 saturated carbocycles. The van der Waals surface area contributed by atoms with Gasteiger partial charge < -0.3 is 0 Å². The van der Waals surface area contributed by atoms with E-state index >= 15 is 0 Å². The van der Waals surface area contributed by atoms with Crippen LogP contribution >= 0.6 is 43.2 Å². The molecular formula is C13H13Br2NO2S2. The number of sulfonamides is 1. The number of benzene rings is 1. The normalized spacial score (nSPS) is 13.4. The number of hydrogen-bond acceptors (Lipinski definition) is 3. The Morgan fingerprint density at radius 1 is 1.20 bits per heavy atom. The monoisotopic (exact) mass is 437 g/mol. The first kappa shape index (κ1) is 16.2. The van der Waals surface area contributed by atoms with Gasteiger partial charge in [-0.05, 0) is 53.5 Å². The van der Waals surface area contributed by atoms with Crippen molar-refractivity contribution < 1.29 is 8.42 Å². The lowest BCUT2D eigenvalue weighted by Gasteiger charge is -2.14. The average molecular weight is 439 g/mol. The highest BCUT2D eigenvalue weighted by Crippen LogP contribution is 2.30. The van der Waals surface area contributed by atoms with Gasteiger partial charge in [-0.2, -0.15) is 0 Å². The Morgan fingerprint density at radius 2 is 1.80 bits per heavy atom. The molecule has 0 aliphatic rings. The van der Waals surface area contributed by atoms with E-state index in [2.05, 4.69) is 36.6 Å². The number of halogens is 2. The van der Waals surface area contributed by atoms with Crippen LogP contribution < -0.4 is 4.72 Å². The van der Waals surface area contributed by atoms with Crippen LogP contribution in [0.15, 0.2) is 43.5 Å². The maximum Gasteiger partial charge on any atom is 0.242 e. The molecule has 0 amide bonds. The molecule has 20 heavy (non-hydrogen) atoms. The van der Waals surface area contributed by atoms with Crippen LogP contribution in [0, 0.1) is 6.92 Å². The van der Waals surface area contributed by atoms with Crippen LogP contribution in [-0.4, -0.2) is 8.42 Å². The lowest BCUT2D eigenvalue weighted by Crippen LogP contribution is -2.27. The molecule has 2 rings (SSSR count). The fraction of sp³-hybridized carbons (Fsp3) is 0.231. The third-order valence-corrected chi connectivity index (χ3v) is 6.71. The van der Waals surface area contributed by atoms with Crippen LogP contribution in [0.3, 0.4) is 0 Å². The Morgan fingerprint density at radius 3 is 2.30 bits per heavy atom. The Labute approximate surface area is 139 Å². The first-order chi connectivity index (χ1) is 9.29. The Balaban J connectivity index is 2.24. The summed E-state index contributed by atoms with van der Waals surface area (Å²) in [5, 5.41) is 0. The second kappa shape index (κ2) is 6.27.